The summed E-state index contributed by atoms with van der Waals surface area (Å²) in [5.74, 6) is -0.310. The van der Waals surface area contributed by atoms with Crippen LogP contribution in [0.5, 0.6) is 0 Å². The number of nitriles is 1. The summed E-state index contributed by atoms with van der Waals surface area (Å²) in [6.07, 6.45) is 0.169. The first-order chi connectivity index (χ1) is 9.21. The summed E-state index contributed by atoms with van der Waals surface area (Å²) in [4.78, 5) is 15.4. The number of anilines is 2. The van der Waals surface area contributed by atoms with Gasteiger partial charge >= 0.3 is 5.97 Å². The second kappa shape index (κ2) is 5.98. The van der Waals surface area contributed by atoms with Crippen LogP contribution < -0.4 is 5.32 Å². The molecule has 0 aliphatic rings. The molecule has 96 valence electrons. The zero-order valence-electron chi connectivity index (χ0n) is 10.2. The van der Waals surface area contributed by atoms with Gasteiger partial charge in [-0.2, -0.15) is 5.26 Å². The van der Waals surface area contributed by atoms with Gasteiger partial charge in [0.15, 0.2) is 5.13 Å². The molecule has 0 amide bonds. The van der Waals surface area contributed by atoms with Gasteiger partial charge in [0, 0.05) is 11.1 Å². The summed E-state index contributed by atoms with van der Waals surface area (Å²) in [7, 11) is 1.35. The highest BCUT2D eigenvalue weighted by Gasteiger charge is 2.07. The summed E-state index contributed by atoms with van der Waals surface area (Å²) in [6.45, 7) is 0. The van der Waals surface area contributed by atoms with Gasteiger partial charge in [-0.15, -0.1) is 11.3 Å². The first-order valence-electron chi connectivity index (χ1n) is 5.49. The van der Waals surface area contributed by atoms with Crippen LogP contribution in [0.2, 0.25) is 0 Å². The maximum absolute atomic E-state index is 11.1. The van der Waals surface area contributed by atoms with E-state index in [-0.39, 0.29) is 12.4 Å². The van der Waals surface area contributed by atoms with Crippen molar-refractivity contribution in [2.75, 3.05) is 12.4 Å². The summed E-state index contributed by atoms with van der Waals surface area (Å²) in [6, 6.07) is 9.12. The number of benzene rings is 1. The lowest BCUT2D eigenvalue weighted by molar-refractivity contribution is -0.139. The number of hydrogen-bond donors (Lipinski definition) is 1. The van der Waals surface area contributed by atoms with Crippen molar-refractivity contribution in [3.63, 3.8) is 0 Å². The molecule has 0 saturated heterocycles. The number of carbonyl (C=O) groups excluding carboxylic acids is 1. The first kappa shape index (κ1) is 13.1. The van der Waals surface area contributed by atoms with Gasteiger partial charge < -0.3 is 10.1 Å². The number of carbonyl (C=O) groups is 1. The Balaban J connectivity index is 2.03. The second-order valence-electron chi connectivity index (χ2n) is 3.71. The molecular weight excluding hydrogens is 262 g/mol. The number of aromatic nitrogens is 1. The van der Waals surface area contributed by atoms with Crippen LogP contribution in [-0.4, -0.2) is 18.1 Å². The van der Waals surface area contributed by atoms with Crippen molar-refractivity contribution in [3.8, 4) is 6.07 Å². The summed E-state index contributed by atoms with van der Waals surface area (Å²) >= 11 is 1.41. The van der Waals surface area contributed by atoms with Crippen LogP contribution in [0.3, 0.4) is 0 Å². The smallest absolute Gasteiger partial charge is 0.311 e. The summed E-state index contributed by atoms with van der Waals surface area (Å²) < 4.78 is 4.58. The highest BCUT2D eigenvalue weighted by molar-refractivity contribution is 7.13. The van der Waals surface area contributed by atoms with E-state index >= 15 is 0 Å². The number of ether oxygens (including phenoxy) is 1. The predicted molar refractivity (Wildman–Crippen MR) is 72.3 cm³/mol. The third kappa shape index (κ3) is 3.53. The van der Waals surface area contributed by atoms with Crippen LogP contribution >= 0.6 is 11.3 Å². The maximum Gasteiger partial charge on any atom is 0.311 e. The molecular formula is C13H11N3O2S. The van der Waals surface area contributed by atoms with Gasteiger partial charge in [0.05, 0.1) is 30.9 Å². The minimum atomic E-state index is -0.310. The quantitative estimate of drug-likeness (QED) is 0.866. The monoisotopic (exact) mass is 273 g/mol. The van der Waals surface area contributed by atoms with E-state index in [4.69, 9.17) is 5.26 Å². The molecule has 0 unspecified atom stereocenters. The second-order valence-corrected chi connectivity index (χ2v) is 4.57. The molecule has 2 rings (SSSR count). The standard InChI is InChI=1S/C13H11N3O2S/c1-18-12(17)6-11-8-19-13(16-11)15-10-4-2-9(7-14)3-5-10/h2-5,8H,6H2,1H3,(H,15,16). The molecule has 0 saturated carbocycles. The largest absolute Gasteiger partial charge is 0.469 e. The van der Waals surface area contributed by atoms with Crippen molar-refractivity contribution in [2.45, 2.75) is 6.42 Å². The minimum absolute atomic E-state index is 0.169. The molecule has 0 fully saturated rings. The van der Waals surface area contributed by atoms with Crippen molar-refractivity contribution in [2.24, 2.45) is 0 Å². The van der Waals surface area contributed by atoms with Crippen LogP contribution in [0.15, 0.2) is 29.6 Å². The average molecular weight is 273 g/mol. The third-order valence-electron chi connectivity index (χ3n) is 2.37. The van der Waals surface area contributed by atoms with E-state index < -0.39 is 0 Å². The van der Waals surface area contributed by atoms with E-state index in [1.807, 2.05) is 5.38 Å². The van der Waals surface area contributed by atoms with Gasteiger partial charge in [-0.05, 0) is 24.3 Å². The molecule has 0 bridgehead atoms. The molecule has 1 aromatic carbocycles. The zero-order valence-corrected chi connectivity index (χ0v) is 11.0. The van der Waals surface area contributed by atoms with Crippen LogP contribution in [-0.2, 0) is 16.0 Å². The van der Waals surface area contributed by atoms with Crippen molar-refractivity contribution in [1.82, 2.24) is 4.98 Å². The molecule has 0 aliphatic carbocycles. The Morgan fingerprint density at radius 3 is 2.84 bits per heavy atom. The molecule has 0 spiro atoms. The minimum Gasteiger partial charge on any atom is -0.469 e. The van der Waals surface area contributed by atoms with Crippen LogP contribution in [0, 0.1) is 11.3 Å². The lowest BCUT2D eigenvalue weighted by Crippen LogP contribution is -2.04. The van der Waals surface area contributed by atoms with Crippen LogP contribution in [0.1, 0.15) is 11.3 Å². The highest BCUT2D eigenvalue weighted by atomic mass is 32.1. The van der Waals surface area contributed by atoms with Crippen molar-refractivity contribution in [3.05, 3.63) is 40.9 Å². The fourth-order valence-electron chi connectivity index (χ4n) is 1.42. The number of rotatable bonds is 4. The Bertz CT molecular complexity index is 614. The molecule has 1 N–H and O–H groups in total. The number of nitrogens with one attached hydrogen (secondary N) is 1. The lowest BCUT2D eigenvalue weighted by Gasteiger charge is -2.01. The van der Waals surface area contributed by atoms with Gasteiger partial charge in [-0.1, -0.05) is 0 Å². The average Bonchev–Trinajstić information content (AvgIpc) is 2.86. The lowest BCUT2D eigenvalue weighted by atomic mass is 10.2. The van der Waals surface area contributed by atoms with E-state index in [1.165, 1.54) is 18.4 Å². The van der Waals surface area contributed by atoms with E-state index in [9.17, 15) is 4.79 Å². The number of hydrogen-bond acceptors (Lipinski definition) is 6. The molecule has 2 aromatic rings. The zero-order chi connectivity index (χ0) is 13.7. The fourth-order valence-corrected chi connectivity index (χ4v) is 2.15. The molecule has 0 atom stereocenters. The molecule has 1 heterocycles. The van der Waals surface area contributed by atoms with E-state index in [0.29, 0.717) is 16.4 Å². The Morgan fingerprint density at radius 1 is 1.47 bits per heavy atom. The van der Waals surface area contributed by atoms with Gasteiger partial charge in [0.1, 0.15) is 0 Å². The topological polar surface area (TPSA) is 75.0 Å². The molecule has 5 nitrogen and oxygen atoms in total. The number of methoxy groups -OCH3 is 1. The predicted octanol–water partition coefficient (Wildman–Crippen LogP) is 2.47. The number of thiazole rings is 1. The Labute approximate surface area is 114 Å². The first-order valence-corrected chi connectivity index (χ1v) is 6.37. The van der Waals surface area contributed by atoms with Crippen molar-refractivity contribution < 1.29 is 9.53 Å². The SMILES string of the molecule is COC(=O)Cc1csc(Nc2ccc(C#N)cc2)n1. The Morgan fingerprint density at radius 2 is 2.21 bits per heavy atom. The maximum atomic E-state index is 11.1. The van der Waals surface area contributed by atoms with E-state index in [1.54, 1.807) is 24.3 Å². The van der Waals surface area contributed by atoms with Crippen molar-refractivity contribution in [1.29, 1.82) is 5.26 Å². The summed E-state index contributed by atoms with van der Waals surface area (Å²) in [5, 5.41) is 14.3. The number of nitrogens with zero attached hydrogens (tertiary/aromatic N) is 2. The van der Waals surface area contributed by atoms with Gasteiger partial charge in [-0.3, -0.25) is 4.79 Å². The van der Waals surface area contributed by atoms with Crippen LogP contribution in [0.25, 0.3) is 0 Å². The molecule has 1 aromatic heterocycles. The molecule has 6 heteroatoms. The highest BCUT2D eigenvalue weighted by Crippen LogP contribution is 2.21. The Kier molecular flexibility index (Phi) is 4.11. The van der Waals surface area contributed by atoms with Gasteiger partial charge in [-0.25, -0.2) is 4.98 Å². The molecule has 19 heavy (non-hydrogen) atoms. The normalized spacial score (nSPS) is 9.68. The van der Waals surface area contributed by atoms with E-state index in [2.05, 4.69) is 21.1 Å². The third-order valence-corrected chi connectivity index (χ3v) is 3.18. The van der Waals surface area contributed by atoms with Gasteiger partial charge in [0.25, 0.3) is 0 Å². The molecule has 0 radical (unpaired) electrons. The molecule has 0 aliphatic heterocycles. The fraction of sp³-hybridized carbons (Fsp3) is 0.154. The summed E-state index contributed by atoms with van der Waals surface area (Å²) in [5.41, 5.74) is 2.13. The Hall–Kier alpha value is -2.39. The number of esters is 1. The van der Waals surface area contributed by atoms with Crippen molar-refractivity contribution >= 4 is 28.1 Å². The van der Waals surface area contributed by atoms with Gasteiger partial charge in [0.2, 0.25) is 0 Å². The van der Waals surface area contributed by atoms with E-state index in [0.717, 1.165) is 5.69 Å². The van der Waals surface area contributed by atoms with Crippen LogP contribution in [0.4, 0.5) is 10.8 Å².